The predicted octanol–water partition coefficient (Wildman–Crippen LogP) is 2.40. The van der Waals surface area contributed by atoms with Gasteiger partial charge in [-0.3, -0.25) is 9.59 Å². The van der Waals surface area contributed by atoms with Crippen molar-refractivity contribution in [2.75, 3.05) is 11.9 Å². The van der Waals surface area contributed by atoms with Crippen LogP contribution < -0.4 is 15.5 Å². The maximum atomic E-state index is 12.7. The molecule has 1 fully saturated rings. The summed E-state index contributed by atoms with van der Waals surface area (Å²) < 4.78 is 32.0. The van der Waals surface area contributed by atoms with Crippen molar-refractivity contribution in [3.05, 3.63) is 70.0 Å². The molecule has 3 aromatic rings. The van der Waals surface area contributed by atoms with Crippen molar-refractivity contribution < 1.29 is 22.7 Å². The maximum absolute atomic E-state index is 12.7. The van der Waals surface area contributed by atoms with Crippen molar-refractivity contribution in [3.8, 4) is 0 Å². The van der Waals surface area contributed by atoms with Crippen LogP contribution in [0.1, 0.15) is 40.5 Å². The molecule has 32 heavy (non-hydrogen) atoms. The van der Waals surface area contributed by atoms with E-state index in [1.165, 1.54) is 36.5 Å². The third-order valence-corrected chi connectivity index (χ3v) is 6.50. The van der Waals surface area contributed by atoms with Crippen LogP contribution >= 0.6 is 0 Å². The van der Waals surface area contributed by atoms with Gasteiger partial charge in [-0.25, -0.2) is 17.9 Å². The van der Waals surface area contributed by atoms with E-state index in [-0.39, 0.29) is 34.1 Å². The Bertz CT molecular complexity index is 1360. The highest BCUT2D eigenvalue weighted by Crippen LogP contribution is 2.22. The Kier molecular flexibility index (Phi) is 5.81. The van der Waals surface area contributed by atoms with Crippen LogP contribution in [0, 0.1) is 0 Å². The Labute approximate surface area is 183 Å². The number of hydrogen-bond donors (Lipinski definition) is 3. The highest BCUT2D eigenvalue weighted by Gasteiger charge is 2.28. The second kappa shape index (κ2) is 8.56. The first kappa shape index (κ1) is 21.7. The maximum Gasteiger partial charge on any atom is 0.343 e. The van der Waals surface area contributed by atoms with E-state index >= 15 is 0 Å². The first-order chi connectivity index (χ1) is 15.3. The van der Waals surface area contributed by atoms with E-state index in [9.17, 15) is 22.8 Å². The Morgan fingerprint density at radius 2 is 1.84 bits per heavy atom. The molecule has 0 spiro atoms. The Morgan fingerprint density at radius 1 is 1.12 bits per heavy atom. The zero-order chi connectivity index (χ0) is 22.9. The molecule has 10 heteroatoms. The Hall–Kier alpha value is -3.50. The Balaban J connectivity index is 1.54. The molecule has 0 atom stereocenters. The van der Waals surface area contributed by atoms with Gasteiger partial charge in [0.2, 0.25) is 15.5 Å². The molecule has 1 heterocycles. The number of carbonyl (C=O) groups excluding carboxylic acids is 2. The number of sulfonamides is 1. The number of amides is 1. The van der Waals surface area contributed by atoms with Crippen molar-refractivity contribution in [1.82, 2.24) is 9.71 Å². The SMILES string of the molecule is CCOC(=O)c1c[nH]c2ccc(NC(=O)c3ccc(S(=O)(=O)NC4CC4)cc3)cc2c1=O. The van der Waals surface area contributed by atoms with Crippen LogP contribution in [0.2, 0.25) is 0 Å². The quantitative estimate of drug-likeness (QED) is 0.468. The first-order valence-electron chi connectivity index (χ1n) is 10.0. The van der Waals surface area contributed by atoms with Gasteiger partial charge in [0.25, 0.3) is 5.91 Å². The number of H-pyrrole nitrogens is 1. The van der Waals surface area contributed by atoms with Gasteiger partial charge in [0.05, 0.1) is 11.5 Å². The van der Waals surface area contributed by atoms with E-state index in [1.807, 2.05) is 0 Å². The van der Waals surface area contributed by atoms with Gasteiger partial charge in [-0.1, -0.05) is 0 Å². The van der Waals surface area contributed by atoms with Crippen LogP contribution in [0.25, 0.3) is 10.9 Å². The lowest BCUT2D eigenvalue weighted by molar-refractivity contribution is 0.0524. The van der Waals surface area contributed by atoms with Crippen molar-refractivity contribution in [2.45, 2.75) is 30.7 Å². The summed E-state index contributed by atoms with van der Waals surface area (Å²) in [5.74, 6) is -1.20. The van der Waals surface area contributed by atoms with E-state index in [1.54, 1.807) is 19.1 Å². The van der Waals surface area contributed by atoms with Gasteiger partial charge in [0.15, 0.2) is 0 Å². The number of fused-ring (bicyclic) bond motifs is 1. The number of pyridine rings is 1. The first-order valence-corrected chi connectivity index (χ1v) is 11.5. The minimum Gasteiger partial charge on any atom is -0.462 e. The molecule has 1 amide bonds. The van der Waals surface area contributed by atoms with Crippen LogP contribution in [0.15, 0.2) is 58.4 Å². The second-order valence-corrected chi connectivity index (χ2v) is 9.10. The third-order valence-electron chi connectivity index (χ3n) is 4.96. The molecule has 1 saturated carbocycles. The van der Waals surface area contributed by atoms with Crippen molar-refractivity contribution in [3.63, 3.8) is 0 Å². The number of aromatic nitrogens is 1. The van der Waals surface area contributed by atoms with Gasteiger partial charge in [-0.05, 0) is 62.2 Å². The van der Waals surface area contributed by atoms with Crippen LogP contribution in [0.4, 0.5) is 5.69 Å². The number of rotatable bonds is 7. The number of benzene rings is 2. The fourth-order valence-corrected chi connectivity index (χ4v) is 4.44. The summed E-state index contributed by atoms with van der Waals surface area (Å²) in [4.78, 5) is 40.2. The average molecular weight is 455 g/mol. The van der Waals surface area contributed by atoms with E-state index in [0.29, 0.717) is 11.2 Å². The van der Waals surface area contributed by atoms with Crippen molar-refractivity contribution >= 4 is 38.5 Å². The summed E-state index contributed by atoms with van der Waals surface area (Å²) in [5.41, 5.74) is 0.468. The average Bonchev–Trinajstić information content (AvgIpc) is 3.58. The highest BCUT2D eigenvalue weighted by molar-refractivity contribution is 7.89. The van der Waals surface area contributed by atoms with E-state index in [2.05, 4.69) is 15.0 Å². The molecule has 1 aromatic heterocycles. The zero-order valence-electron chi connectivity index (χ0n) is 17.2. The second-order valence-electron chi connectivity index (χ2n) is 7.39. The molecular weight excluding hydrogens is 434 g/mol. The summed E-state index contributed by atoms with van der Waals surface area (Å²) in [6, 6.07) is 10.3. The number of anilines is 1. The van der Waals surface area contributed by atoms with E-state index < -0.39 is 27.3 Å². The molecule has 0 unspecified atom stereocenters. The molecule has 9 nitrogen and oxygen atoms in total. The highest BCUT2D eigenvalue weighted by atomic mass is 32.2. The fourth-order valence-electron chi connectivity index (χ4n) is 3.13. The van der Waals surface area contributed by atoms with Crippen LogP contribution in [-0.4, -0.2) is 37.9 Å². The van der Waals surface area contributed by atoms with Crippen LogP contribution in [-0.2, 0) is 14.8 Å². The van der Waals surface area contributed by atoms with Gasteiger partial charge in [-0.2, -0.15) is 0 Å². The molecule has 1 aliphatic carbocycles. The normalized spacial score (nSPS) is 13.7. The van der Waals surface area contributed by atoms with Gasteiger partial charge in [0.1, 0.15) is 5.56 Å². The minimum absolute atomic E-state index is 0.0108. The van der Waals surface area contributed by atoms with Crippen molar-refractivity contribution in [2.24, 2.45) is 0 Å². The van der Waals surface area contributed by atoms with E-state index in [0.717, 1.165) is 12.8 Å². The Morgan fingerprint density at radius 3 is 2.50 bits per heavy atom. The van der Waals surface area contributed by atoms with Gasteiger partial charge in [-0.15, -0.1) is 0 Å². The molecule has 0 radical (unpaired) electrons. The molecule has 0 aliphatic heterocycles. The zero-order valence-corrected chi connectivity index (χ0v) is 18.0. The lowest BCUT2D eigenvalue weighted by atomic mass is 10.1. The molecule has 3 N–H and O–H groups in total. The largest absolute Gasteiger partial charge is 0.462 e. The topological polar surface area (TPSA) is 134 Å². The molecule has 4 rings (SSSR count). The number of aromatic amines is 1. The van der Waals surface area contributed by atoms with Crippen molar-refractivity contribution in [1.29, 1.82) is 0 Å². The molecule has 1 aliphatic rings. The molecule has 0 saturated heterocycles. The summed E-state index contributed by atoms with van der Waals surface area (Å²) in [5, 5.41) is 2.90. The summed E-state index contributed by atoms with van der Waals surface area (Å²) in [7, 11) is -3.60. The monoisotopic (exact) mass is 455 g/mol. The lowest BCUT2D eigenvalue weighted by Gasteiger charge is -2.09. The predicted molar refractivity (Wildman–Crippen MR) is 118 cm³/mol. The number of esters is 1. The summed E-state index contributed by atoms with van der Waals surface area (Å²) in [6.07, 6.45) is 2.96. The number of nitrogens with one attached hydrogen (secondary N) is 3. The summed E-state index contributed by atoms with van der Waals surface area (Å²) >= 11 is 0. The molecular formula is C22H21N3O6S. The number of hydrogen-bond acceptors (Lipinski definition) is 6. The standard InChI is InChI=1S/C22H21N3O6S/c1-2-31-22(28)18-12-23-19-10-7-15(11-17(19)20(18)26)24-21(27)13-3-8-16(9-4-13)32(29,30)25-14-5-6-14/h3-4,7-12,14,25H,2,5-6H2,1H3,(H,23,26)(H,24,27). The fraction of sp³-hybridized carbons (Fsp3) is 0.227. The molecule has 166 valence electrons. The summed E-state index contributed by atoms with van der Waals surface area (Å²) in [6.45, 7) is 1.79. The lowest BCUT2D eigenvalue weighted by Crippen LogP contribution is -2.25. The minimum atomic E-state index is -3.60. The van der Waals surface area contributed by atoms with Crippen LogP contribution in [0.5, 0.6) is 0 Å². The van der Waals surface area contributed by atoms with E-state index in [4.69, 9.17) is 4.74 Å². The number of ether oxygens (including phenoxy) is 1. The molecule has 0 bridgehead atoms. The molecule has 2 aromatic carbocycles. The van der Waals surface area contributed by atoms with Gasteiger partial charge >= 0.3 is 5.97 Å². The number of carbonyl (C=O) groups is 2. The van der Waals surface area contributed by atoms with Gasteiger partial charge < -0.3 is 15.0 Å². The third kappa shape index (κ3) is 4.56. The smallest absolute Gasteiger partial charge is 0.343 e. The van der Waals surface area contributed by atoms with Crippen LogP contribution in [0.3, 0.4) is 0 Å². The van der Waals surface area contributed by atoms with Gasteiger partial charge in [0, 0.05) is 34.4 Å².